The zero-order valence-corrected chi connectivity index (χ0v) is 12.2. The van der Waals surface area contributed by atoms with E-state index in [-0.39, 0.29) is 11.8 Å². The minimum Gasteiger partial charge on any atom is -0.381 e. The van der Waals surface area contributed by atoms with E-state index < -0.39 is 0 Å². The van der Waals surface area contributed by atoms with Crippen molar-refractivity contribution in [3.63, 3.8) is 0 Å². The Labute approximate surface area is 119 Å². The summed E-state index contributed by atoms with van der Waals surface area (Å²) in [6.45, 7) is 5.75. The van der Waals surface area contributed by atoms with Gasteiger partial charge in [-0.05, 0) is 43.5 Å². The molecule has 20 heavy (non-hydrogen) atoms. The van der Waals surface area contributed by atoms with E-state index in [4.69, 9.17) is 4.74 Å². The molecule has 5 heteroatoms. The number of carbonyl (C=O) groups is 1. The average Bonchev–Trinajstić information content (AvgIpc) is 2.42. The lowest BCUT2D eigenvalue weighted by molar-refractivity contribution is 0.129. The van der Waals surface area contributed by atoms with Crippen LogP contribution in [0.2, 0.25) is 0 Å². The number of halogens is 1. The van der Waals surface area contributed by atoms with Crippen LogP contribution in [0.15, 0.2) is 18.2 Å². The van der Waals surface area contributed by atoms with Gasteiger partial charge in [-0.25, -0.2) is 9.18 Å². The minimum absolute atomic E-state index is 0.278. The van der Waals surface area contributed by atoms with Crippen LogP contribution in [0.3, 0.4) is 0 Å². The molecule has 4 nitrogen and oxygen atoms in total. The summed E-state index contributed by atoms with van der Waals surface area (Å²) in [6.07, 6.45) is 2.97. The second-order valence-corrected chi connectivity index (χ2v) is 4.66. The third-order valence-corrected chi connectivity index (χ3v) is 2.81. The Morgan fingerprint density at radius 2 is 2.05 bits per heavy atom. The first kappa shape index (κ1) is 16.4. The maximum atomic E-state index is 13.1. The van der Waals surface area contributed by atoms with Crippen molar-refractivity contribution >= 4 is 11.7 Å². The summed E-state index contributed by atoms with van der Waals surface area (Å²) in [6, 6.07) is 4.19. The first-order valence-electron chi connectivity index (χ1n) is 7.02. The molecule has 1 rings (SSSR count). The number of urea groups is 1. The van der Waals surface area contributed by atoms with Crippen LogP contribution in [0, 0.1) is 12.7 Å². The van der Waals surface area contributed by atoms with Gasteiger partial charge in [0.1, 0.15) is 5.82 Å². The van der Waals surface area contributed by atoms with Crippen LogP contribution in [-0.4, -0.2) is 25.8 Å². The quantitative estimate of drug-likeness (QED) is 0.717. The Morgan fingerprint density at radius 1 is 1.30 bits per heavy atom. The lowest BCUT2D eigenvalue weighted by Gasteiger charge is -2.08. The van der Waals surface area contributed by atoms with Crippen LogP contribution >= 0.6 is 0 Å². The van der Waals surface area contributed by atoms with Crippen molar-refractivity contribution in [1.29, 1.82) is 0 Å². The molecule has 0 saturated heterocycles. The van der Waals surface area contributed by atoms with Crippen molar-refractivity contribution in [3.8, 4) is 0 Å². The van der Waals surface area contributed by atoms with Crippen LogP contribution in [0.25, 0.3) is 0 Å². The van der Waals surface area contributed by atoms with E-state index in [0.717, 1.165) is 25.9 Å². The van der Waals surface area contributed by atoms with Gasteiger partial charge in [-0.3, -0.25) is 0 Å². The van der Waals surface area contributed by atoms with Gasteiger partial charge in [-0.15, -0.1) is 0 Å². The van der Waals surface area contributed by atoms with Crippen LogP contribution in [0.1, 0.15) is 31.7 Å². The van der Waals surface area contributed by atoms with E-state index in [1.165, 1.54) is 12.1 Å². The normalized spacial score (nSPS) is 10.3. The number of nitrogens with one attached hydrogen (secondary N) is 2. The molecule has 0 fully saturated rings. The molecule has 2 amide bonds. The predicted molar refractivity (Wildman–Crippen MR) is 78.5 cm³/mol. The molecule has 1 aromatic carbocycles. The van der Waals surface area contributed by atoms with E-state index >= 15 is 0 Å². The SMILES string of the molecule is CCCCOCCCNC(=O)Nc1ccc(F)c(C)c1. The molecule has 0 bridgehead atoms. The number of unbranched alkanes of at least 4 members (excludes halogenated alkanes) is 1. The van der Waals surface area contributed by atoms with Crippen molar-refractivity contribution in [2.45, 2.75) is 33.1 Å². The molecule has 0 aliphatic rings. The molecule has 112 valence electrons. The van der Waals surface area contributed by atoms with E-state index in [2.05, 4.69) is 17.6 Å². The van der Waals surface area contributed by atoms with Gasteiger partial charge in [0.05, 0.1) is 0 Å². The molecule has 0 unspecified atom stereocenters. The van der Waals surface area contributed by atoms with Crippen LogP contribution in [-0.2, 0) is 4.74 Å². The van der Waals surface area contributed by atoms with Crippen LogP contribution in [0.4, 0.5) is 14.9 Å². The summed E-state index contributed by atoms with van der Waals surface area (Å²) in [5.41, 5.74) is 1.09. The zero-order valence-electron chi connectivity index (χ0n) is 12.2. The molecule has 0 radical (unpaired) electrons. The minimum atomic E-state index is -0.287. The molecule has 0 heterocycles. The molecule has 0 aliphatic heterocycles. The Hall–Kier alpha value is -1.62. The van der Waals surface area contributed by atoms with E-state index in [1.807, 2.05) is 0 Å². The monoisotopic (exact) mass is 282 g/mol. The third-order valence-electron chi connectivity index (χ3n) is 2.81. The van der Waals surface area contributed by atoms with Gasteiger partial charge in [0.2, 0.25) is 0 Å². The van der Waals surface area contributed by atoms with Gasteiger partial charge in [-0.2, -0.15) is 0 Å². The highest BCUT2D eigenvalue weighted by atomic mass is 19.1. The summed E-state index contributed by atoms with van der Waals surface area (Å²) in [5.74, 6) is -0.278. The molecular formula is C15H23FN2O2. The number of aryl methyl sites for hydroxylation is 1. The number of hydrogen-bond acceptors (Lipinski definition) is 2. The van der Waals surface area contributed by atoms with Crippen molar-refractivity contribution in [3.05, 3.63) is 29.6 Å². The van der Waals surface area contributed by atoms with Gasteiger partial charge >= 0.3 is 6.03 Å². The summed E-state index contributed by atoms with van der Waals surface area (Å²) in [5, 5.41) is 5.40. The average molecular weight is 282 g/mol. The highest BCUT2D eigenvalue weighted by molar-refractivity contribution is 5.89. The topological polar surface area (TPSA) is 50.4 Å². The fraction of sp³-hybridized carbons (Fsp3) is 0.533. The number of anilines is 1. The lowest BCUT2D eigenvalue weighted by Crippen LogP contribution is -2.30. The highest BCUT2D eigenvalue weighted by Gasteiger charge is 2.03. The predicted octanol–water partition coefficient (Wildman–Crippen LogP) is 3.46. The molecule has 2 N–H and O–H groups in total. The number of ether oxygens (including phenoxy) is 1. The molecule has 0 atom stereocenters. The Morgan fingerprint density at radius 3 is 2.75 bits per heavy atom. The van der Waals surface area contributed by atoms with E-state index in [1.54, 1.807) is 13.0 Å². The maximum Gasteiger partial charge on any atom is 0.319 e. The standard InChI is InChI=1S/C15H23FN2O2/c1-3-4-9-20-10-5-8-17-15(19)18-13-6-7-14(16)12(2)11-13/h6-7,11H,3-5,8-10H2,1-2H3,(H2,17,18,19). The number of benzene rings is 1. The van der Waals surface area contributed by atoms with Crippen molar-refractivity contribution in [2.75, 3.05) is 25.1 Å². The number of hydrogen-bond donors (Lipinski definition) is 2. The van der Waals surface area contributed by atoms with Crippen LogP contribution < -0.4 is 10.6 Å². The fourth-order valence-electron chi connectivity index (χ4n) is 1.62. The van der Waals surface area contributed by atoms with E-state index in [0.29, 0.717) is 24.4 Å². The molecular weight excluding hydrogens is 259 g/mol. The summed E-state index contributed by atoms with van der Waals surface area (Å²) < 4.78 is 18.5. The summed E-state index contributed by atoms with van der Waals surface area (Å²) in [4.78, 5) is 11.6. The zero-order chi connectivity index (χ0) is 14.8. The Balaban J connectivity index is 2.15. The van der Waals surface area contributed by atoms with Gasteiger partial charge < -0.3 is 15.4 Å². The largest absolute Gasteiger partial charge is 0.381 e. The molecule has 0 spiro atoms. The lowest BCUT2D eigenvalue weighted by atomic mass is 10.2. The van der Waals surface area contributed by atoms with Gasteiger partial charge in [0, 0.05) is 25.4 Å². The second kappa shape index (κ2) is 9.31. The Kier molecular flexibility index (Phi) is 7.65. The van der Waals surface area contributed by atoms with E-state index in [9.17, 15) is 9.18 Å². The fourth-order valence-corrected chi connectivity index (χ4v) is 1.62. The first-order valence-corrected chi connectivity index (χ1v) is 7.02. The number of carbonyl (C=O) groups excluding carboxylic acids is 1. The Bertz CT molecular complexity index is 424. The third kappa shape index (κ3) is 6.52. The smallest absolute Gasteiger partial charge is 0.319 e. The van der Waals surface area contributed by atoms with Gasteiger partial charge in [0.25, 0.3) is 0 Å². The second-order valence-electron chi connectivity index (χ2n) is 4.66. The van der Waals surface area contributed by atoms with Gasteiger partial charge in [-0.1, -0.05) is 13.3 Å². The van der Waals surface area contributed by atoms with Crippen molar-refractivity contribution in [1.82, 2.24) is 5.32 Å². The summed E-state index contributed by atoms with van der Waals surface area (Å²) in [7, 11) is 0. The van der Waals surface area contributed by atoms with Gasteiger partial charge in [0.15, 0.2) is 0 Å². The molecule has 0 saturated carbocycles. The maximum absolute atomic E-state index is 13.1. The first-order chi connectivity index (χ1) is 9.63. The van der Waals surface area contributed by atoms with Crippen molar-refractivity contribution < 1.29 is 13.9 Å². The summed E-state index contributed by atoms with van der Waals surface area (Å²) >= 11 is 0. The molecule has 1 aromatic rings. The molecule has 0 aromatic heterocycles. The number of amides is 2. The highest BCUT2D eigenvalue weighted by Crippen LogP contribution is 2.13. The van der Waals surface area contributed by atoms with Crippen LogP contribution in [0.5, 0.6) is 0 Å². The van der Waals surface area contributed by atoms with Crippen molar-refractivity contribution in [2.24, 2.45) is 0 Å². The molecule has 0 aliphatic carbocycles. The number of rotatable bonds is 8.